The van der Waals surface area contributed by atoms with Gasteiger partial charge in [-0.3, -0.25) is 0 Å². The van der Waals surface area contributed by atoms with Crippen molar-refractivity contribution < 1.29 is 5.11 Å². The Hall–Kier alpha value is -3.02. The summed E-state index contributed by atoms with van der Waals surface area (Å²) in [7, 11) is 0. The van der Waals surface area contributed by atoms with Gasteiger partial charge in [0, 0.05) is 5.57 Å². The number of rotatable bonds is 3. The molecule has 5 aromatic rings. The van der Waals surface area contributed by atoms with Crippen LogP contribution in [0.1, 0.15) is 15.6 Å². The predicted molar refractivity (Wildman–Crippen MR) is 114 cm³/mol. The zero-order valence-corrected chi connectivity index (χ0v) is 15.8. The molecule has 0 fully saturated rings. The SMILES string of the molecule is Oc1cccc(C=C(c2nc3ccccc3s2)c2nc3ccccc3s2)c1. The molecule has 130 valence electrons. The third-order valence-corrected chi connectivity index (χ3v) is 6.37. The van der Waals surface area contributed by atoms with Crippen molar-refractivity contribution in [3.05, 3.63) is 88.4 Å². The van der Waals surface area contributed by atoms with E-state index in [1.807, 2.05) is 48.5 Å². The summed E-state index contributed by atoms with van der Waals surface area (Å²) in [6.45, 7) is 0. The first-order valence-electron chi connectivity index (χ1n) is 8.49. The van der Waals surface area contributed by atoms with Crippen LogP contribution in [0.15, 0.2) is 72.8 Å². The topological polar surface area (TPSA) is 46.0 Å². The molecule has 2 heterocycles. The van der Waals surface area contributed by atoms with Crippen molar-refractivity contribution in [3.8, 4) is 5.75 Å². The van der Waals surface area contributed by atoms with E-state index in [1.54, 1.807) is 34.8 Å². The summed E-state index contributed by atoms with van der Waals surface area (Å²) in [6.07, 6.45) is 2.05. The zero-order valence-electron chi connectivity index (χ0n) is 14.2. The maximum Gasteiger partial charge on any atom is 0.127 e. The van der Waals surface area contributed by atoms with Gasteiger partial charge in [-0.25, -0.2) is 9.97 Å². The molecule has 27 heavy (non-hydrogen) atoms. The van der Waals surface area contributed by atoms with Gasteiger partial charge >= 0.3 is 0 Å². The molecule has 0 amide bonds. The average molecular weight is 387 g/mol. The van der Waals surface area contributed by atoms with Gasteiger partial charge in [-0.05, 0) is 48.0 Å². The smallest absolute Gasteiger partial charge is 0.127 e. The van der Waals surface area contributed by atoms with Crippen molar-refractivity contribution >= 4 is 54.8 Å². The second-order valence-electron chi connectivity index (χ2n) is 6.13. The van der Waals surface area contributed by atoms with Gasteiger partial charge in [-0.2, -0.15) is 0 Å². The average Bonchev–Trinajstić information content (AvgIpc) is 3.30. The van der Waals surface area contributed by atoms with Crippen LogP contribution in [0.2, 0.25) is 0 Å². The molecule has 3 nitrogen and oxygen atoms in total. The second-order valence-corrected chi connectivity index (χ2v) is 8.19. The molecule has 0 saturated heterocycles. The summed E-state index contributed by atoms with van der Waals surface area (Å²) in [6, 6.07) is 23.5. The molecule has 5 rings (SSSR count). The molecule has 5 heteroatoms. The van der Waals surface area contributed by atoms with E-state index in [9.17, 15) is 5.11 Å². The molecule has 0 aliphatic carbocycles. The first-order chi connectivity index (χ1) is 13.3. The minimum atomic E-state index is 0.247. The second kappa shape index (κ2) is 6.61. The lowest BCUT2D eigenvalue weighted by Gasteiger charge is -2.02. The number of aromatic hydroxyl groups is 1. The molecular formula is C22H14N2OS2. The van der Waals surface area contributed by atoms with E-state index < -0.39 is 0 Å². The quantitative estimate of drug-likeness (QED) is 0.401. The third kappa shape index (κ3) is 3.12. The number of aromatic nitrogens is 2. The molecule has 0 aliphatic heterocycles. The molecule has 0 aliphatic rings. The van der Waals surface area contributed by atoms with Crippen molar-refractivity contribution in [2.24, 2.45) is 0 Å². The molecule has 3 aromatic carbocycles. The highest BCUT2D eigenvalue weighted by Gasteiger charge is 2.15. The van der Waals surface area contributed by atoms with Gasteiger partial charge in [0.15, 0.2) is 0 Å². The fourth-order valence-corrected chi connectivity index (χ4v) is 5.00. The van der Waals surface area contributed by atoms with E-state index >= 15 is 0 Å². The minimum Gasteiger partial charge on any atom is -0.508 e. The van der Waals surface area contributed by atoms with Crippen molar-refractivity contribution in [1.29, 1.82) is 0 Å². The number of fused-ring (bicyclic) bond motifs is 2. The van der Waals surface area contributed by atoms with E-state index in [4.69, 9.17) is 9.97 Å². The first kappa shape index (κ1) is 16.2. The van der Waals surface area contributed by atoms with Crippen LogP contribution in [0, 0.1) is 0 Å². The summed E-state index contributed by atoms with van der Waals surface area (Å²) in [5.41, 5.74) is 3.87. The summed E-state index contributed by atoms with van der Waals surface area (Å²) in [5, 5.41) is 11.7. The van der Waals surface area contributed by atoms with E-state index in [0.29, 0.717) is 0 Å². The van der Waals surface area contributed by atoms with Gasteiger partial charge in [0.25, 0.3) is 0 Å². The van der Waals surface area contributed by atoms with Crippen LogP contribution >= 0.6 is 22.7 Å². The highest BCUT2D eigenvalue weighted by Crippen LogP contribution is 2.36. The van der Waals surface area contributed by atoms with Crippen molar-refractivity contribution in [3.63, 3.8) is 0 Å². The van der Waals surface area contributed by atoms with Crippen LogP contribution < -0.4 is 0 Å². The number of phenols is 1. The lowest BCUT2D eigenvalue weighted by atomic mass is 10.1. The molecule has 0 radical (unpaired) electrons. The van der Waals surface area contributed by atoms with Crippen LogP contribution in [0.5, 0.6) is 5.75 Å². The monoisotopic (exact) mass is 386 g/mol. The first-order valence-corrected chi connectivity index (χ1v) is 10.1. The normalized spacial score (nSPS) is 11.1. The van der Waals surface area contributed by atoms with Crippen LogP contribution in [0.3, 0.4) is 0 Å². The van der Waals surface area contributed by atoms with Gasteiger partial charge in [0.05, 0.1) is 20.4 Å². The highest BCUT2D eigenvalue weighted by atomic mass is 32.1. The van der Waals surface area contributed by atoms with Crippen LogP contribution in [0.25, 0.3) is 32.1 Å². The van der Waals surface area contributed by atoms with E-state index in [-0.39, 0.29) is 5.75 Å². The van der Waals surface area contributed by atoms with Gasteiger partial charge in [-0.15, -0.1) is 22.7 Å². The maximum atomic E-state index is 9.84. The third-order valence-electron chi connectivity index (χ3n) is 4.23. The van der Waals surface area contributed by atoms with Gasteiger partial charge in [0.1, 0.15) is 15.8 Å². The Morgan fingerprint density at radius 3 is 1.89 bits per heavy atom. The van der Waals surface area contributed by atoms with Crippen molar-refractivity contribution in [2.45, 2.75) is 0 Å². The Bertz CT molecular complexity index is 1160. The zero-order chi connectivity index (χ0) is 18.2. The van der Waals surface area contributed by atoms with Crippen LogP contribution in [0.4, 0.5) is 0 Å². The Balaban J connectivity index is 1.73. The van der Waals surface area contributed by atoms with Crippen LogP contribution in [-0.4, -0.2) is 15.1 Å². The fraction of sp³-hybridized carbons (Fsp3) is 0. The summed E-state index contributed by atoms with van der Waals surface area (Å²) >= 11 is 3.32. The predicted octanol–water partition coefficient (Wildman–Crippen LogP) is 6.20. The Labute approximate surface area is 163 Å². The molecule has 0 spiro atoms. The van der Waals surface area contributed by atoms with E-state index in [0.717, 1.165) is 41.6 Å². The summed E-state index contributed by atoms with van der Waals surface area (Å²) in [5.74, 6) is 0.247. The molecular weight excluding hydrogens is 372 g/mol. The molecule has 0 unspecified atom stereocenters. The Kier molecular flexibility index (Phi) is 3.96. The van der Waals surface area contributed by atoms with Crippen LogP contribution in [-0.2, 0) is 0 Å². The number of para-hydroxylation sites is 2. The van der Waals surface area contributed by atoms with Gasteiger partial charge in [0.2, 0.25) is 0 Å². The van der Waals surface area contributed by atoms with Gasteiger partial charge < -0.3 is 5.11 Å². The van der Waals surface area contributed by atoms with E-state index in [1.165, 1.54) is 0 Å². The molecule has 0 saturated carbocycles. The molecule has 2 aromatic heterocycles. The minimum absolute atomic E-state index is 0.247. The lowest BCUT2D eigenvalue weighted by molar-refractivity contribution is 0.475. The Morgan fingerprint density at radius 2 is 1.33 bits per heavy atom. The van der Waals surface area contributed by atoms with Crippen molar-refractivity contribution in [1.82, 2.24) is 9.97 Å². The largest absolute Gasteiger partial charge is 0.508 e. The number of benzene rings is 3. The van der Waals surface area contributed by atoms with Gasteiger partial charge in [-0.1, -0.05) is 36.4 Å². The number of phenolic OH excluding ortho intramolecular Hbond substituents is 1. The number of nitrogens with zero attached hydrogens (tertiary/aromatic N) is 2. The number of thiazole rings is 2. The molecule has 0 atom stereocenters. The lowest BCUT2D eigenvalue weighted by Crippen LogP contribution is -1.87. The maximum absolute atomic E-state index is 9.84. The highest BCUT2D eigenvalue weighted by molar-refractivity contribution is 7.22. The number of hydrogen-bond donors (Lipinski definition) is 1. The molecule has 0 bridgehead atoms. The number of hydrogen-bond acceptors (Lipinski definition) is 5. The Morgan fingerprint density at radius 1 is 0.741 bits per heavy atom. The fourth-order valence-electron chi connectivity index (χ4n) is 2.97. The summed E-state index contributed by atoms with van der Waals surface area (Å²) in [4.78, 5) is 9.67. The van der Waals surface area contributed by atoms with Crippen molar-refractivity contribution in [2.75, 3.05) is 0 Å². The standard InChI is InChI=1S/C22H14N2OS2/c25-15-7-5-6-14(12-15)13-16(21-23-17-8-1-3-10-19(17)26-21)22-24-18-9-2-4-11-20(18)27-22/h1-13,25H. The summed E-state index contributed by atoms with van der Waals surface area (Å²) < 4.78 is 2.30. The molecule has 1 N–H and O–H groups in total. The van der Waals surface area contributed by atoms with E-state index in [2.05, 4.69) is 18.2 Å².